The van der Waals surface area contributed by atoms with Gasteiger partial charge in [-0.15, -0.1) is 0 Å². The third-order valence-electron chi connectivity index (χ3n) is 2.85. The summed E-state index contributed by atoms with van der Waals surface area (Å²) in [5.41, 5.74) is 1.21. The molecule has 1 rings (SSSR count). The molecule has 0 aliphatic heterocycles. The summed E-state index contributed by atoms with van der Waals surface area (Å²) < 4.78 is 0. The molecule has 90 valence electrons. The zero-order valence-electron chi connectivity index (χ0n) is 10.7. The van der Waals surface area contributed by atoms with Crippen LogP contribution in [0.25, 0.3) is 0 Å². The van der Waals surface area contributed by atoms with Crippen molar-refractivity contribution < 1.29 is 0 Å². The van der Waals surface area contributed by atoms with Gasteiger partial charge in [-0.1, -0.05) is 19.9 Å². The second-order valence-electron chi connectivity index (χ2n) is 3.98. The molecule has 0 saturated heterocycles. The number of anilines is 1. The molecule has 0 aliphatic carbocycles. The molecule has 0 bridgehead atoms. The third-order valence-corrected chi connectivity index (χ3v) is 2.85. The molecule has 0 aliphatic rings. The maximum Gasteiger partial charge on any atom is 0.128 e. The fourth-order valence-corrected chi connectivity index (χ4v) is 1.72. The summed E-state index contributed by atoms with van der Waals surface area (Å²) in [7, 11) is 0. The maximum atomic E-state index is 4.31. The molecule has 3 heteroatoms. The molecule has 0 fully saturated rings. The highest BCUT2D eigenvalue weighted by molar-refractivity contribution is 5.42. The van der Waals surface area contributed by atoms with Gasteiger partial charge >= 0.3 is 0 Å². The van der Waals surface area contributed by atoms with Crippen LogP contribution in [0.15, 0.2) is 18.3 Å². The first-order valence-corrected chi connectivity index (χ1v) is 6.15. The highest BCUT2D eigenvalue weighted by atomic mass is 15.1. The summed E-state index contributed by atoms with van der Waals surface area (Å²) in [5.74, 6) is 1.02. The number of aromatic nitrogens is 1. The lowest BCUT2D eigenvalue weighted by molar-refractivity contribution is 0.303. The van der Waals surface area contributed by atoms with Crippen molar-refractivity contribution in [3.05, 3.63) is 23.9 Å². The molecule has 1 heterocycles. The second kappa shape index (κ2) is 7.23. The lowest BCUT2D eigenvalue weighted by atomic mass is 10.3. The molecule has 0 saturated carbocycles. The van der Waals surface area contributed by atoms with E-state index in [0.717, 1.165) is 38.4 Å². The number of aryl methyl sites for hydroxylation is 1. The Morgan fingerprint density at radius 3 is 2.69 bits per heavy atom. The molecule has 1 N–H and O–H groups in total. The second-order valence-corrected chi connectivity index (χ2v) is 3.98. The van der Waals surface area contributed by atoms with Crippen LogP contribution in [0.4, 0.5) is 5.82 Å². The summed E-state index contributed by atoms with van der Waals surface area (Å²) in [4.78, 5) is 6.75. The first kappa shape index (κ1) is 13.0. The van der Waals surface area contributed by atoms with E-state index in [1.54, 1.807) is 0 Å². The molecule has 1 aromatic rings. The van der Waals surface area contributed by atoms with Gasteiger partial charge in [0.1, 0.15) is 5.82 Å². The molecule has 0 atom stereocenters. The summed E-state index contributed by atoms with van der Waals surface area (Å²) in [6.07, 6.45) is 3.00. The van der Waals surface area contributed by atoms with Gasteiger partial charge in [0.2, 0.25) is 0 Å². The Morgan fingerprint density at radius 2 is 2.06 bits per heavy atom. The minimum Gasteiger partial charge on any atom is -0.370 e. The number of hydrogen-bond acceptors (Lipinski definition) is 3. The Bertz CT molecular complexity index is 295. The third kappa shape index (κ3) is 4.19. The van der Waals surface area contributed by atoms with Crippen molar-refractivity contribution in [1.29, 1.82) is 0 Å². The maximum absolute atomic E-state index is 4.31. The van der Waals surface area contributed by atoms with Crippen LogP contribution < -0.4 is 5.32 Å². The number of nitrogens with one attached hydrogen (secondary N) is 1. The highest BCUT2D eigenvalue weighted by Gasteiger charge is 1.99. The van der Waals surface area contributed by atoms with E-state index in [4.69, 9.17) is 0 Å². The minimum atomic E-state index is 0.994. The molecule has 0 amide bonds. The van der Waals surface area contributed by atoms with Crippen LogP contribution in [-0.2, 0) is 0 Å². The largest absolute Gasteiger partial charge is 0.370 e. The van der Waals surface area contributed by atoms with Crippen molar-refractivity contribution in [2.75, 3.05) is 31.5 Å². The first-order chi connectivity index (χ1) is 7.77. The van der Waals surface area contributed by atoms with Crippen LogP contribution >= 0.6 is 0 Å². The number of nitrogens with zero attached hydrogens (tertiary/aromatic N) is 2. The Morgan fingerprint density at radius 1 is 1.31 bits per heavy atom. The quantitative estimate of drug-likeness (QED) is 0.717. The zero-order valence-corrected chi connectivity index (χ0v) is 10.7. The van der Waals surface area contributed by atoms with Gasteiger partial charge in [-0.25, -0.2) is 4.98 Å². The molecular formula is C13H23N3. The fourth-order valence-electron chi connectivity index (χ4n) is 1.72. The SMILES string of the molecule is CCN(CC)CCCNc1ncccc1C. The predicted molar refractivity (Wildman–Crippen MR) is 69.9 cm³/mol. The standard InChI is InChI=1S/C13H23N3/c1-4-16(5-2)11-7-10-15-13-12(3)8-6-9-14-13/h6,8-9H,4-5,7,10-11H2,1-3H3,(H,14,15). The first-order valence-electron chi connectivity index (χ1n) is 6.15. The number of hydrogen-bond donors (Lipinski definition) is 1. The fraction of sp³-hybridized carbons (Fsp3) is 0.615. The van der Waals surface area contributed by atoms with Gasteiger partial charge < -0.3 is 10.2 Å². The van der Waals surface area contributed by atoms with Crippen LogP contribution in [0.2, 0.25) is 0 Å². The highest BCUT2D eigenvalue weighted by Crippen LogP contribution is 2.08. The topological polar surface area (TPSA) is 28.2 Å². The minimum absolute atomic E-state index is 0.994. The van der Waals surface area contributed by atoms with Gasteiger partial charge in [-0.3, -0.25) is 0 Å². The average molecular weight is 221 g/mol. The van der Waals surface area contributed by atoms with Crippen molar-refractivity contribution in [2.24, 2.45) is 0 Å². The molecule has 0 radical (unpaired) electrons. The summed E-state index contributed by atoms with van der Waals surface area (Å²) in [6, 6.07) is 4.05. The lowest BCUT2D eigenvalue weighted by Gasteiger charge is -2.18. The molecule has 3 nitrogen and oxygen atoms in total. The van der Waals surface area contributed by atoms with Gasteiger partial charge in [0.05, 0.1) is 0 Å². The lowest BCUT2D eigenvalue weighted by Crippen LogP contribution is -2.25. The van der Waals surface area contributed by atoms with Gasteiger partial charge in [-0.2, -0.15) is 0 Å². The van der Waals surface area contributed by atoms with Crippen molar-refractivity contribution in [2.45, 2.75) is 27.2 Å². The van der Waals surface area contributed by atoms with Crippen LogP contribution in [0.1, 0.15) is 25.8 Å². The van der Waals surface area contributed by atoms with Crippen LogP contribution in [0, 0.1) is 6.92 Å². The van der Waals surface area contributed by atoms with E-state index in [9.17, 15) is 0 Å². The van der Waals surface area contributed by atoms with Gasteiger partial charge in [0, 0.05) is 12.7 Å². The van der Waals surface area contributed by atoms with E-state index in [1.807, 2.05) is 12.3 Å². The van der Waals surface area contributed by atoms with E-state index < -0.39 is 0 Å². The van der Waals surface area contributed by atoms with E-state index in [1.165, 1.54) is 5.56 Å². The van der Waals surface area contributed by atoms with E-state index in [0.29, 0.717) is 0 Å². The Kier molecular flexibility index (Phi) is 5.86. The number of pyridine rings is 1. The molecule has 16 heavy (non-hydrogen) atoms. The molecule has 0 aromatic carbocycles. The molecule has 1 aromatic heterocycles. The zero-order chi connectivity index (χ0) is 11.8. The predicted octanol–water partition coefficient (Wildman–Crippen LogP) is 2.53. The van der Waals surface area contributed by atoms with Crippen molar-refractivity contribution in [3.63, 3.8) is 0 Å². The van der Waals surface area contributed by atoms with Crippen molar-refractivity contribution >= 4 is 5.82 Å². The van der Waals surface area contributed by atoms with Crippen LogP contribution in [-0.4, -0.2) is 36.1 Å². The summed E-state index contributed by atoms with van der Waals surface area (Å²) >= 11 is 0. The molecular weight excluding hydrogens is 198 g/mol. The Hall–Kier alpha value is -1.09. The van der Waals surface area contributed by atoms with E-state index >= 15 is 0 Å². The smallest absolute Gasteiger partial charge is 0.128 e. The Labute approximate surface area is 98.9 Å². The normalized spacial score (nSPS) is 10.8. The molecule has 0 spiro atoms. The average Bonchev–Trinajstić information content (AvgIpc) is 2.31. The van der Waals surface area contributed by atoms with Gasteiger partial charge in [0.25, 0.3) is 0 Å². The van der Waals surface area contributed by atoms with E-state index in [2.05, 4.69) is 42.0 Å². The van der Waals surface area contributed by atoms with Crippen LogP contribution in [0.3, 0.4) is 0 Å². The molecule has 0 unspecified atom stereocenters. The summed E-state index contributed by atoms with van der Waals surface area (Å²) in [5, 5.41) is 3.38. The van der Waals surface area contributed by atoms with Gasteiger partial charge in [0.15, 0.2) is 0 Å². The number of rotatable bonds is 7. The van der Waals surface area contributed by atoms with Crippen molar-refractivity contribution in [1.82, 2.24) is 9.88 Å². The van der Waals surface area contributed by atoms with Gasteiger partial charge in [-0.05, 0) is 44.6 Å². The van der Waals surface area contributed by atoms with Crippen LogP contribution in [0.5, 0.6) is 0 Å². The van der Waals surface area contributed by atoms with Crippen molar-refractivity contribution in [3.8, 4) is 0 Å². The van der Waals surface area contributed by atoms with E-state index in [-0.39, 0.29) is 0 Å². The summed E-state index contributed by atoms with van der Waals surface area (Å²) in [6.45, 7) is 10.9. The monoisotopic (exact) mass is 221 g/mol. The Balaban J connectivity index is 2.23.